The Hall–Kier alpha value is -0.680. The predicted octanol–water partition coefficient (Wildman–Crippen LogP) is 1.91. The Kier molecular flexibility index (Phi) is 3.06. The molecular weight excluding hydrogens is 272 g/mol. The summed E-state index contributed by atoms with van der Waals surface area (Å²) in [5.74, 6) is 0.971. The molecule has 6 heteroatoms. The minimum Gasteiger partial charge on any atom is -0.237 e. The molecule has 4 nitrogen and oxygen atoms in total. The maximum atomic E-state index is 11.5. The topological polar surface area (TPSA) is 59.9 Å². The quantitative estimate of drug-likeness (QED) is 0.740. The molecule has 0 amide bonds. The maximum absolute atomic E-state index is 11.5. The van der Waals surface area contributed by atoms with Crippen molar-refractivity contribution in [2.75, 3.05) is 11.5 Å². The van der Waals surface area contributed by atoms with Gasteiger partial charge >= 0.3 is 0 Å². The van der Waals surface area contributed by atoms with Crippen molar-refractivity contribution < 1.29 is 8.42 Å². The van der Waals surface area contributed by atoms with Gasteiger partial charge in [-0.1, -0.05) is 11.6 Å². The van der Waals surface area contributed by atoms with Crippen LogP contribution >= 0.6 is 11.6 Å². The van der Waals surface area contributed by atoms with Gasteiger partial charge in [0.05, 0.1) is 11.5 Å². The Balaban J connectivity index is 1.96. The Bertz CT molecular complexity index is 586. The van der Waals surface area contributed by atoms with Crippen LogP contribution in [0.15, 0.2) is 0 Å². The van der Waals surface area contributed by atoms with E-state index in [0.717, 1.165) is 36.9 Å². The number of sulfone groups is 1. The van der Waals surface area contributed by atoms with E-state index >= 15 is 0 Å². The van der Waals surface area contributed by atoms with Crippen molar-refractivity contribution in [3.05, 3.63) is 22.2 Å². The van der Waals surface area contributed by atoms with Crippen LogP contribution in [-0.2, 0) is 22.7 Å². The van der Waals surface area contributed by atoms with Gasteiger partial charge in [-0.05, 0) is 32.1 Å². The van der Waals surface area contributed by atoms with Crippen molar-refractivity contribution in [3.8, 4) is 0 Å². The zero-order valence-corrected chi connectivity index (χ0v) is 11.6. The molecule has 0 radical (unpaired) electrons. The van der Waals surface area contributed by atoms with Crippen molar-refractivity contribution in [2.24, 2.45) is 0 Å². The molecule has 1 aliphatic heterocycles. The summed E-state index contributed by atoms with van der Waals surface area (Å²) in [4.78, 5) is 8.89. The summed E-state index contributed by atoms with van der Waals surface area (Å²) in [7, 11) is -2.90. The molecule has 1 fully saturated rings. The summed E-state index contributed by atoms with van der Waals surface area (Å²) in [6.45, 7) is 0. The first-order valence-electron chi connectivity index (χ1n) is 6.31. The van der Waals surface area contributed by atoms with E-state index in [1.54, 1.807) is 0 Å². The molecule has 18 heavy (non-hydrogen) atoms. The smallest absolute Gasteiger partial charge is 0.151 e. The van der Waals surface area contributed by atoms with Crippen molar-refractivity contribution in [2.45, 2.75) is 38.0 Å². The van der Waals surface area contributed by atoms with Gasteiger partial charge < -0.3 is 0 Å². The van der Waals surface area contributed by atoms with Crippen molar-refractivity contribution >= 4 is 21.4 Å². The van der Waals surface area contributed by atoms with Crippen LogP contribution in [0.4, 0.5) is 0 Å². The average molecular weight is 287 g/mol. The minimum absolute atomic E-state index is 0.0697. The Morgan fingerprint density at radius 3 is 2.67 bits per heavy atom. The molecule has 0 bridgehead atoms. The van der Waals surface area contributed by atoms with Crippen molar-refractivity contribution in [1.82, 2.24) is 9.97 Å². The Labute approximate surface area is 112 Å². The summed E-state index contributed by atoms with van der Waals surface area (Å²) in [5, 5.41) is 0.527. The number of hydrogen-bond donors (Lipinski definition) is 0. The van der Waals surface area contributed by atoms with Crippen LogP contribution in [0.25, 0.3) is 0 Å². The largest absolute Gasteiger partial charge is 0.237 e. The standard InChI is InChI=1S/C12H15ClN2O2S/c13-11-9-3-1-2-4-10(9)14-12(15-11)8-5-6-18(16,17)7-8/h8H,1-7H2. The van der Waals surface area contributed by atoms with Gasteiger partial charge in [0.2, 0.25) is 0 Å². The highest BCUT2D eigenvalue weighted by atomic mass is 35.5. The third kappa shape index (κ3) is 2.26. The van der Waals surface area contributed by atoms with E-state index < -0.39 is 9.84 Å². The zero-order chi connectivity index (χ0) is 12.8. The molecule has 0 spiro atoms. The molecule has 98 valence electrons. The number of aryl methyl sites for hydroxylation is 1. The first-order chi connectivity index (χ1) is 8.55. The van der Waals surface area contributed by atoms with Gasteiger partial charge in [-0.25, -0.2) is 18.4 Å². The fraction of sp³-hybridized carbons (Fsp3) is 0.667. The van der Waals surface area contributed by atoms with E-state index in [4.69, 9.17) is 11.6 Å². The Morgan fingerprint density at radius 2 is 1.94 bits per heavy atom. The lowest BCUT2D eigenvalue weighted by Crippen LogP contribution is -2.14. The van der Waals surface area contributed by atoms with Gasteiger partial charge in [0, 0.05) is 17.2 Å². The van der Waals surface area contributed by atoms with E-state index in [2.05, 4.69) is 9.97 Å². The molecule has 2 heterocycles. The number of hydrogen-bond acceptors (Lipinski definition) is 4. The monoisotopic (exact) mass is 286 g/mol. The molecule has 3 rings (SSSR count). The van der Waals surface area contributed by atoms with Crippen LogP contribution in [0.2, 0.25) is 5.15 Å². The highest BCUT2D eigenvalue weighted by Crippen LogP contribution is 2.31. The molecule has 1 saturated heterocycles. The number of fused-ring (bicyclic) bond motifs is 1. The van der Waals surface area contributed by atoms with Gasteiger partial charge in [0.1, 0.15) is 11.0 Å². The molecular formula is C12H15ClN2O2S. The second-order valence-corrected chi connectivity index (χ2v) is 7.69. The maximum Gasteiger partial charge on any atom is 0.151 e. The van der Waals surface area contributed by atoms with E-state index in [1.165, 1.54) is 0 Å². The normalized spacial score (nSPS) is 25.9. The van der Waals surface area contributed by atoms with Crippen LogP contribution in [-0.4, -0.2) is 29.9 Å². The third-order valence-corrected chi connectivity index (χ3v) is 5.83. The van der Waals surface area contributed by atoms with Crippen LogP contribution in [0.5, 0.6) is 0 Å². The van der Waals surface area contributed by atoms with E-state index in [9.17, 15) is 8.42 Å². The molecule has 0 saturated carbocycles. The minimum atomic E-state index is -2.90. The number of rotatable bonds is 1. The van der Waals surface area contributed by atoms with E-state index in [0.29, 0.717) is 17.4 Å². The summed E-state index contributed by atoms with van der Waals surface area (Å²) >= 11 is 6.20. The second kappa shape index (κ2) is 4.46. The predicted molar refractivity (Wildman–Crippen MR) is 69.7 cm³/mol. The molecule has 0 N–H and O–H groups in total. The summed E-state index contributed by atoms with van der Waals surface area (Å²) < 4.78 is 23.0. The highest BCUT2D eigenvalue weighted by molar-refractivity contribution is 7.91. The highest BCUT2D eigenvalue weighted by Gasteiger charge is 2.32. The zero-order valence-electron chi connectivity index (χ0n) is 10.0. The number of aromatic nitrogens is 2. The van der Waals surface area contributed by atoms with Crippen LogP contribution in [0.3, 0.4) is 0 Å². The fourth-order valence-electron chi connectivity index (χ4n) is 2.75. The molecule has 1 unspecified atom stereocenters. The average Bonchev–Trinajstić information content (AvgIpc) is 2.70. The SMILES string of the molecule is O=S1(=O)CCC(c2nc(Cl)c3c(n2)CCCC3)C1. The van der Waals surface area contributed by atoms with Gasteiger partial charge in [-0.15, -0.1) is 0 Å². The summed E-state index contributed by atoms with van der Waals surface area (Å²) in [6.07, 6.45) is 4.76. The van der Waals surface area contributed by atoms with Crippen molar-refractivity contribution in [3.63, 3.8) is 0 Å². The second-order valence-electron chi connectivity index (χ2n) is 5.10. The molecule has 0 aromatic carbocycles. The molecule has 1 aromatic heterocycles. The van der Waals surface area contributed by atoms with E-state index in [1.807, 2.05) is 0 Å². The van der Waals surface area contributed by atoms with Gasteiger partial charge in [0.25, 0.3) is 0 Å². The van der Waals surface area contributed by atoms with Gasteiger partial charge in [0.15, 0.2) is 9.84 Å². The number of nitrogens with zero attached hydrogens (tertiary/aromatic N) is 2. The first kappa shape index (κ1) is 12.4. The molecule has 1 aromatic rings. The van der Waals surface area contributed by atoms with Crippen LogP contribution < -0.4 is 0 Å². The van der Waals surface area contributed by atoms with Gasteiger partial charge in [-0.2, -0.15) is 0 Å². The lowest BCUT2D eigenvalue weighted by Gasteiger charge is -2.18. The lowest BCUT2D eigenvalue weighted by atomic mass is 9.97. The number of halogens is 1. The fourth-order valence-corrected chi connectivity index (χ4v) is 4.78. The third-order valence-electron chi connectivity index (χ3n) is 3.75. The van der Waals surface area contributed by atoms with Crippen LogP contribution in [0, 0.1) is 0 Å². The first-order valence-corrected chi connectivity index (χ1v) is 8.51. The molecule has 1 atom stereocenters. The summed E-state index contributed by atoms with van der Waals surface area (Å²) in [6, 6.07) is 0. The van der Waals surface area contributed by atoms with Crippen molar-refractivity contribution in [1.29, 1.82) is 0 Å². The lowest BCUT2D eigenvalue weighted by molar-refractivity contribution is 0.600. The summed E-state index contributed by atoms with van der Waals surface area (Å²) in [5.41, 5.74) is 2.09. The molecule has 2 aliphatic rings. The molecule has 1 aliphatic carbocycles. The Morgan fingerprint density at radius 1 is 1.17 bits per heavy atom. The van der Waals surface area contributed by atoms with Crippen LogP contribution in [0.1, 0.15) is 42.3 Å². The van der Waals surface area contributed by atoms with E-state index in [-0.39, 0.29) is 17.4 Å². The van der Waals surface area contributed by atoms with Gasteiger partial charge in [-0.3, -0.25) is 0 Å².